The summed E-state index contributed by atoms with van der Waals surface area (Å²) in [5.41, 5.74) is 5.24. The van der Waals surface area contributed by atoms with Gasteiger partial charge in [0.1, 0.15) is 6.10 Å². The van der Waals surface area contributed by atoms with Crippen LogP contribution in [0.5, 0.6) is 0 Å². The van der Waals surface area contributed by atoms with Gasteiger partial charge in [-0.05, 0) is 86.1 Å². The molecule has 0 saturated heterocycles. The summed E-state index contributed by atoms with van der Waals surface area (Å²) in [6, 6.07) is 11.2. The highest BCUT2D eigenvalue weighted by atomic mass is 32.2. The van der Waals surface area contributed by atoms with Crippen LogP contribution in [0.1, 0.15) is 79.9 Å². The van der Waals surface area contributed by atoms with Crippen molar-refractivity contribution in [3.8, 4) is 0 Å². The summed E-state index contributed by atoms with van der Waals surface area (Å²) in [7, 11) is -2.14. The van der Waals surface area contributed by atoms with Crippen molar-refractivity contribution in [2.75, 3.05) is 7.05 Å². The van der Waals surface area contributed by atoms with E-state index in [-0.39, 0.29) is 12.4 Å². The van der Waals surface area contributed by atoms with Crippen LogP contribution in [0.2, 0.25) is 0 Å². The number of ether oxygens (including phenoxy) is 1. The number of rotatable bonds is 7. The SMILES string of the molecule is CCC(=O)O[C@H](c1ccccc1)[C@H](C)N(C)S(=O)(=O)c1c2c(cc3c1CCCC3)CCCC2. The maximum absolute atomic E-state index is 14.2. The highest BCUT2D eigenvalue weighted by molar-refractivity contribution is 7.89. The lowest BCUT2D eigenvalue weighted by Crippen LogP contribution is -2.41. The van der Waals surface area contributed by atoms with Gasteiger partial charge >= 0.3 is 5.97 Å². The topological polar surface area (TPSA) is 63.7 Å². The Morgan fingerprint density at radius 1 is 0.970 bits per heavy atom. The first-order chi connectivity index (χ1) is 15.8. The maximum Gasteiger partial charge on any atom is 0.306 e. The van der Waals surface area contributed by atoms with E-state index in [2.05, 4.69) is 6.07 Å². The van der Waals surface area contributed by atoms with Crippen LogP contribution in [0.4, 0.5) is 0 Å². The van der Waals surface area contributed by atoms with Crippen molar-refractivity contribution in [1.29, 1.82) is 0 Å². The first-order valence-electron chi connectivity index (χ1n) is 12.2. The molecule has 0 unspecified atom stereocenters. The molecule has 0 radical (unpaired) electrons. The number of benzene rings is 2. The summed E-state index contributed by atoms with van der Waals surface area (Å²) in [5, 5.41) is 0. The third-order valence-electron chi connectivity index (χ3n) is 7.24. The Hall–Kier alpha value is -2.18. The summed E-state index contributed by atoms with van der Waals surface area (Å²) in [4.78, 5) is 12.8. The Morgan fingerprint density at radius 3 is 2.06 bits per heavy atom. The molecule has 0 aromatic heterocycles. The van der Waals surface area contributed by atoms with Crippen LogP contribution in [0.15, 0.2) is 41.3 Å². The van der Waals surface area contributed by atoms with Crippen molar-refractivity contribution in [3.05, 3.63) is 64.2 Å². The summed E-state index contributed by atoms with van der Waals surface area (Å²) in [6.07, 6.45) is 7.36. The predicted molar refractivity (Wildman–Crippen MR) is 130 cm³/mol. The Labute approximate surface area is 198 Å². The fraction of sp³-hybridized carbons (Fsp3) is 0.519. The molecule has 6 heteroatoms. The van der Waals surface area contributed by atoms with Crippen molar-refractivity contribution in [1.82, 2.24) is 4.31 Å². The number of hydrogen-bond donors (Lipinski definition) is 0. The van der Waals surface area contributed by atoms with Gasteiger partial charge in [-0.15, -0.1) is 0 Å². The molecule has 0 fully saturated rings. The minimum Gasteiger partial charge on any atom is -0.456 e. The minimum absolute atomic E-state index is 0.242. The highest BCUT2D eigenvalue weighted by Crippen LogP contribution is 2.39. The highest BCUT2D eigenvalue weighted by Gasteiger charge is 2.37. The second-order valence-electron chi connectivity index (χ2n) is 9.33. The molecule has 0 spiro atoms. The Kier molecular flexibility index (Phi) is 7.25. The largest absolute Gasteiger partial charge is 0.456 e. The number of sulfonamides is 1. The lowest BCUT2D eigenvalue weighted by atomic mass is 9.83. The van der Waals surface area contributed by atoms with Gasteiger partial charge in [-0.25, -0.2) is 8.42 Å². The molecule has 0 amide bonds. The molecule has 0 heterocycles. The van der Waals surface area contributed by atoms with E-state index in [1.165, 1.54) is 15.4 Å². The van der Waals surface area contributed by atoms with E-state index in [9.17, 15) is 13.2 Å². The van der Waals surface area contributed by atoms with Crippen molar-refractivity contribution in [2.24, 2.45) is 0 Å². The fourth-order valence-corrected chi connectivity index (χ4v) is 7.19. The molecule has 33 heavy (non-hydrogen) atoms. The maximum atomic E-state index is 14.2. The molecule has 4 rings (SSSR count). The molecule has 178 valence electrons. The molecule has 2 atom stereocenters. The van der Waals surface area contributed by atoms with Crippen LogP contribution >= 0.6 is 0 Å². The zero-order valence-corrected chi connectivity index (χ0v) is 20.8. The number of esters is 1. The van der Waals surface area contributed by atoms with Gasteiger partial charge in [0.2, 0.25) is 10.0 Å². The molecular formula is C27H35NO4S. The van der Waals surface area contributed by atoms with Gasteiger partial charge in [0, 0.05) is 13.5 Å². The second-order valence-corrected chi connectivity index (χ2v) is 11.3. The number of hydrogen-bond acceptors (Lipinski definition) is 4. The number of carbonyl (C=O) groups excluding carboxylic acids is 1. The van der Waals surface area contributed by atoms with Crippen LogP contribution in [-0.2, 0) is 45.2 Å². The molecule has 0 aliphatic heterocycles. The number of carbonyl (C=O) groups is 1. The molecule has 0 bridgehead atoms. The van der Waals surface area contributed by atoms with E-state index in [0.717, 1.165) is 68.1 Å². The third-order valence-corrected chi connectivity index (χ3v) is 9.34. The number of likely N-dealkylation sites (N-methyl/N-ethyl adjacent to an activating group) is 1. The molecular weight excluding hydrogens is 434 g/mol. The normalized spacial score (nSPS) is 17.7. The second kappa shape index (κ2) is 9.98. The van der Waals surface area contributed by atoms with Gasteiger partial charge in [-0.2, -0.15) is 4.31 Å². The minimum atomic E-state index is -3.77. The fourth-order valence-electron chi connectivity index (χ4n) is 5.26. The summed E-state index contributed by atoms with van der Waals surface area (Å²) in [5.74, 6) is -0.337. The standard InChI is InChI=1S/C27H35NO4S/c1-4-25(29)32-26(20-12-6-5-7-13-20)19(2)28(3)33(30,31)27-23-16-10-8-14-21(23)18-22-15-9-11-17-24(22)27/h5-7,12-13,18-19,26H,4,8-11,14-17H2,1-3H3/t19-,26-/m0/s1. The summed E-state index contributed by atoms with van der Waals surface area (Å²) < 4.78 is 35.6. The zero-order valence-electron chi connectivity index (χ0n) is 20.0. The van der Waals surface area contributed by atoms with Gasteiger partial charge in [0.15, 0.2) is 0 Å². The Balaban J connectivity index is 1.77. The molecule has 5 nitrogen and oxygen atoms in total. The first kappa shape index (κ1) is 24.0. The first-order valence-corrected chi connectivity index (χ1v) is 13.7. The number of aryl methyl sites for hydroxylation is 2. The Morgan fingerprint density at radius 2 is 1.52 bits per heavy atom. The van der Waals surface area contributed by atoms with E-state index in [1.807, 2.05) is 37.3 Å². The van der Waals surface area contributed by atoms with E-state index < -0.39 is 22.2 Å². The third kappa shape index (κ3) is 4.73. The summed E-state index contributed by atoms with van der Waals surface area (Å²) in [6.45, 7) is 3.58. The molecule has 2 aliphatic carbocycles. The smallest absolute Gasteiger partial charge is 0.306 e. The Bertz CT molecular complexity index is 1080. The molecule has 2 aliphatic rings. The van der Waals surface area contributed by atoms with Gasteiger partial charge < -0.3 is 4.74 Å². The average molecular weight is 470 g/mol. The molecule has 2 aromatic carbocycles. The zero-order chi connectivity index (χ0) is 23.6. The van der Waals surface area contributed by atoms with Crippen molar-refractivity contribution < 1.29 is 17.9 Å². The predicted octanol–water partition coefficient (Wildman–Crippen LogP) is 5.15. The lowest BCUT2D eigenvalue weighted by Gasteiger charge is -2.34. The molecule has 0 saturated carbocycles. The van der Waals surface area contributed by atoms with E-state index in [4.69, 9.17) is 4.74 Å². The van der Waals surface area contributed by atoms with Gasteiger partial charge in [-0.3, -0.25) is 4.79 Å². The quantitative estimate of drug-likeness (QED) is 0.526. The lowest BCUT2D eigenvalue weighted by molar-refractivity contribution is -0.151. The van der Waals surface area contributed by atoms with Gasteiger partial charge in [0.05, 0.1) is 10.9 Å². The van der Waals surface area contributed by atoms with Crippen molar-refractivity contribution in [2.45, 2.75) is 88.7 Å². The van der Waals surface area contributed by atoms with Crippen LogP contribution in [0, 0.1) is 0 Å². The number of fused-ring (bicyclic) bond motifs is 2. The monoisotopic (exact) mass is 469 g/mol. The van der Waals surface area contributed by atoms with E-state index in [1.54, 1.807) is 14.0 Å². The van der Waals surface area contributed by atoms with Gasteiger partial charge in [-0.1, -0.05) is 43.3 Å². The number of nitrogens with zero attached hydrogens (tertiary/aromatic N) is 1. The van der Waals surface area contributed by atoms with Crippen LogP contribution < -0.4 is 0 Å². The average Bonchev–Trinajstić information content (AvgIpc) is 2.85. The van der Waals surface area contributed by atoms with Crippen LogP contribution in [0.3, 0.4) is 0 Å². The molecule has 2 aromatic rings. The van der Waals surface area contributed by atoms with E-state index >= 15 is 0 Å². The molecule has 0 N–H and O–H groups in total. The van der Waals surface area contributed by atoms with Gasteiger partial charge in [0.25, 0.3) is 0 Å². The summed E-state index contributed by atoms with van der Waals surface area (Å²) >= 11 is 0. The van der Waals surface area contributed by atoms with Crippen LogP contribution in [-0.4, -0.2) is 31.8 Å². The van der Waals surface area contributed by atoms with Crippen LogP contribution in [0.25, 0.3) is 0 Å². The van der Waals surface area contributed by atoms with Crippen molar-refractivity contribution >= 4 is 16.0 Å². The van der Waals surface area contributed by atoms with E-state index in [0.29, 0.717) is 4.90 Å². The van der Waals surface area contributed by atoms with Crippen molar-refractivity contribution in [3.63, 3.8) is 0 Å².